The number of carbonyl (C=O) groups is 3. The van der Waals surface area contributed by atoms with Gasteiger partial charge >= 0.3 is 5.97 Å². The molecule has 0 aromatic rings. The Hall–Kier alpha value is -1.89. The molecule has 0 saturated heterocycles. The van der Waals surface area contributed by atoms with Crippen LogP contribution in [0, 0.1) is 17.3 Å². The van der Waals surface area contributed by atoms with Crippen molar-refractivity contribution in [2.45, 2.75) is 60.4 Å². The molecule has 0 aromatic heterocycles. The molecule has 27 heavy (non-hydrogen) atoms. The maximum absolute atomic E-state index is 12.6. The van der Waals surface area contributed by atoms with Crippen LogP contribution in [0.1, 0.15) is 54.4 Å². The second-order valence-corrected chi connectivity index (χ2v) is 7.97. The minimum Gasteiger partial charge on any atom is -0.478 e. The summed E-state index contributed by atoms with van der Waals surface area (Å²) >= 11 is 0. The van der Waals surface area contributed by atoms with Crippen LogP contribution in [-0.2, 0) is 14.4 Å². The van der Waals surface area contributed by atoms with Gasteiger partial charge < -0.3 is 20.4 Å². The highest BCUT2D eigenvalue weighted by Gasteiger charge is 2.37. The molecule has 1 unspecified atom stereocenters. The average Bonchev–Trinajstić information content (AvgIpc) is 2.60. The number of amides is 2. The number of nitrogens with zero attached hydrogens (tertiary/aromatic N) is 1. The van der Waals surface area contributed by atoms with Gasteiger partial charge in [-0.25, -0.2) is 4.79 Å². The summed E-state index contributed by atoms with van der Waals surface area (Å²) in [6.45, 7) is 10.6. The lowest BCUT2D eigenvalue weighted by molar-refractivity contribution is -0.139. The van der Waals surface area contributed by atoms with Crippen LogP contribution < -0.4 is 5.32 Å². The van der Waals surface area contributed by atoms with Crippen LogP contribution in [-0.4, -0.2) is 59.1 Å². The Labute approximate surface area is 162 Å². The Bertz CT molecular complexity index is 551. The lowest BCUT2D eigenvalue weighted by atomic mass is 9.77. The van der Waals surface area contributed by atoms with Crippen molar-refractivity contribution in [3.8, 4) is 0 Å². The number of hydrogen-bond acceptors (Lipinski definition) is 4. The van der Waals surface area contributed by atoms with Gasteiger partial charge in [0.15, 0.2) is 0 Å². The summed E-state index contributed by atoms with van der Waals surface area (Å²) in [5.41, 5.74) is -0.732. The summed E-state index contributed by atoms with van der Waals surface area (Å²) < 4.78 is 0. The van der Waals surface area contributed by atoms with Crippen molar-refractivity contribution in [2.24, 2.45) is 17.3 Å². The van der Waals surface area contributed by atoms with E-state index in [0.29, 0.717) is 12.8 Å². The van der Waals surface area contributed by atoms with Crippen molar-refractivity contribution in [1.29, 1.82) is 0 Å². The molecule has 0 aliphatic rings. The first kappa shape index (κ1) is 25.1. The lowest BCUT2D eigenvalue weighted by Gasteiger charge is -2.32. The third-order valence-corrected chi connectivity index (χ3v) is 4.94. The van der Waals surface area contributed by atoms with Gasteiger partial charge in [-0.3, -0.25) is 9.59 Å². The molecule has 3 N–H and O–H groups in total. The molecule has 2 atom stereocenters. The van der Waals surface area contributed by atoms with Gasteiger partial charge in [-0.05, 0) is 31.6 Å². The Balaban J connectivity index is 5.17. The van der Waals surface area contributed by atoms with E-state index < -0.39 is 17.4 Å². The van der Waals surface area contributed by atoms with Gasteiger partial charge in [-0.1, -0.05) is 40.7 Å². The fourth-order valence-corrected chi connectivity index (χ4v) is 3.14. The van der Waals surface area contributed by atoms with Crippen LogP contribution in [0.5, 0.6) is 0 Å². The molecule has 0 aromatic carbocycles. The molecule has 0 spiro atoms. The molecule has 0 aliphatic heterocycles. The first-order valence-corrected chi connectivity index (χ1v) is 9.48. The van der Waals surface area contributed by atoms with E-state index in [1.54, 1.807) is 13.1 Å². The first-order valence-electron chi connectivity index (χ1n) is 9.48. The Morgan fingerprint density at radius 2 is 1.74 bits per heavy atom. The molecule has 2 amide bonds. The Morgan fingerprint density at radius 1 is 1.19 bits per heavy atom. The van der Waals surface area contributed by atoms with Crippen molar-refractivity contribution in [3.05, 3.63) is 11.6 Å². The fraction of sp³-hybridized carbons (Fsp3) is 0.750. The average molecular weight is 385 g/mol. The zero-order chi connectivity index (χ0) is 21.4. The summed E-state index contributed by atoms with van der Waals surface area (Å²) in [5, 5.41) is 21.5. The quantitative estimate of drug-likeness (QED) is 0.473. The highest BCUT2D eigenvalue weighted by atomic mass is 16.4. The number of carboxylic acid groups (broad SMARTS) is 1. The topological polar surface area (TPSA) is 107 Å². The van der Waals surface area contributed by atoms with Gasteiger partial charge in [-0.2, -0.15) is 0 Å². The summed E-state index contributed by atoms with van der Waals surface area (Å²) in [5.74, 6) is -1.43. The Morgan fingerprint density at radius 3 is 2.11 bits per heavy atom. The number of aliphatic hydroxyl groups is 1. The normalized spacial score (nSPS) is 15.4. The zero-order valence-electron chi connectivity index (χ0n) is 17.7. The molecule has 0 heterocycles. The second-order valence-electron chi connectivity index (χ2n) is 7.97. The van der Waals surface area contributed by atoms with Crippen molar-refractivity contribution >= 4 is 17.8 Å². The molecule has 0 fully saturated rings. The van der Waals surface area contributed by atoms with E-state index in [9.17, 15) is 19.5 Å². The van der Waals surface area contributed by atoms with Gasteiger partial charge in [0.25, 0.3) is 0 Å². The summed E-state index contributed by atoms with van der Waals surface area (Å²) in [7, 11) is 1.60. The molecule has 7 heteroatoms. The highest BCUT2D eigenvalue weighted by Crippen LogP contribution is 2.30. The summed E-state index contributed by atoms with van der Waals surface area (Å²) in [4.78, 5) is 37.7. The number of hydrogen-bond donors (Lipinski definition) is 3. The fourth-order valence-electron chi connectivity index (χ4n) is 3.14. The molecule has 7 nitrogen and oxygen atoms in total. The van der Waals surface area contributed by atoms with Gasteiger partial charge in [0, 0.05) is 12.6 Å². The third-order valence-electron chi connectivity index (χ3n) is 4.94. The van der Waals surface area contributed by atoms with E-state index in [-0.39, 0.29) is 42.4 Å². The zero-order valence-corrected chi connectivity index (χ0v) is 17.7. The van der Waals surface area contributed by atoms with Crippen molar-refractivity contribution in [3.63, 3.8) is 0 Å². The number of carboxylic acids is 1. The van der Waals surface area contributed by atoms with Gasteiger partial charge in [0.1, 0.15) is 0 Å². The van der Waals surface area contributed by atoms with E-state index in [4.69, 9.17) is 5.11 Å². The van der Waals surface area contributed by atoms with E-state index in [1.165, 1.54) is 11.8 Å². The standard InChI is InChI=1S/C20H36N2O5/c1-8-20(12-23,10-13(2)3)19(27)21-11-17(24)22(7)16(14(4)5)9-15(6)18(25)26/h9,13-14,16,23H,8,10-12H2,1-7H3,(H,21,27)(H,25,26)/b15-9+/t16-,20?/m1/s1. The van der Waals surface area contributed by atoms with Gasteiger partial charge in [0.05, 0.1) is 24.6 Å². The maximum atomic E-state index is 12.6. The molecular formula is C20H36N2O5. The molecule has 0 bridgehead atoms. The monoisotopic (exact) mass is 384 g/mol. The predicted octanol–water partition coefficient (Wildman–Crippen LogP) is 2.05. The van der Waals surface area contributed by atoms with Crippen LogP contribution in [0.3, 0.4) is 0 Å². The first-order chi connectivity index (χ1) is 12.4. The number of carbonyl (C=O) groups excluding carboxylic acids is 2. The Kier molecular flexibility index (Phi) is 10.3. The van der Waals surface area contributed by atoms with Crippen molar-refractivity contribution in [1.82, 2.24) is 10.2 Å². The molecule has 0 saturated carbocycles. The number of rotatable bonds is 11. The minimum atomic E-state index is -1.03. The molecule has 0 radical (unpaired) electrons. The van der Waals surface area contributed by atoms with Crippen LogP contribution in [0.25, 0.3) is 0 Å². The van der Waals surface area contributed by atoms with Crippen molar-refractivity contribution in [2.75, 3.05) is 20.2 Å². The van der Waals surface area contributed by atoms with Gasteiger partial charge in [0.2, 0.25) is 11.8 Å². The lowest BCUT2D eigenvalue weighted by Crippen LogP contribution is -2.49. The molecular weight excluding hydrogens is 348 g/mol. The number of nitrogens with one attached hydrogen (secondary N) is 1. The largest absolute Gasteiger partial charge is 0.478 e. The highest BCUT2D eigenvalue weighted by molar-refractivity contribution is 5.88. The third kappa shape index (κ3) is 7.33. The van der Waals surface area contributed by atoms with Crippen LogP contribution in [0.2, 0.25) is 0 Å². The maximum Gasteiger partial charge on any atom is 0.331 e. The summed E-state index contributed by atoms with van der Waals surface area (Å²) in [6, 6.07) is -0.394. The molecule has 0 aliphatic carbocycles. The SMILES string of the molecule is CCC(CO)(CC(C)C)C(=O)NCC(=O)N(C)[C@H](/C=C(\C)C(=O)O)C(C)C. The van der Waals surface area contributed by atoms with Crippen LogP contribution in [0.15, 0.2) is 11.6 Å². The van der Waals surface area contributed by atoms with Crippen LogP contribution >= 0.6 is 0 Å². The van der Waals surface area contributed by atoms with Gasteiger partial charge in [-0.15, -0.1) is 0 Å². The predicted molar refractivity (Wildman–Crippen MR) is 105 cm³/mol. The molecule has 156 valence electrons. The number of likely N-dealkylation sites (N-methyl/N-ethyl adjacent to an activating group) is 1. The number of aliphatic hydroxyl groups excluding tert-OH is 1. The summed E-state index contributed by atoms with van der Waals surface area (Å²) in [6.07, 6.45) is 2.56. The molecule has 0 rings (SSSR count). The van der Waals surface area contributed by atoms with Crippen LogP contribution in [0.4, 0.5) is 0 Å². The van der Waals surface area contributed by atoms with Crippen molar-refractivity contribution < 1.29 is 24.6 Å². The smallest absolute Gasteiger partial charge is 0.331 e. The van der Waals surface area contributed by atoms with E-state index in [2.05, 4.69) is 5.32 Å². The minimum absolute atomic E-state index is 0.0112. The van der Waals surface area contributed by atoms with E-state index >= 15 is 0 Å². The van der Waals surface area contributed by atoms with E-state index in [1.807, 2.05) is 34.6 Å². The number of aliphatic carboxylic acids is 1. The van der Waals surface area contributed by atoms with E-state index in [0.717, 1.165) is 0 Å². The second kappa shape index (κ2) is 11.1.